The normalized spacial score (nSPS) is 11.7. The van der Waals surface area contributed by atoms with Crippen molar-refractivity contribution in [2.45, 2.75) is 32.9 Å². The van der Waals surface area contributed by atoms with Crippen LogP contribution in [0.15, 0.2) is 18.2 Å². The molecule has 0 fully saturated rings. The van der Waals surface area contributed by atoms with Crippen molar-refractivity contribution in [2.24, 2.45) is 0 Å². The highest BCUT2D eigenvalue weighted by Crippen LogP contribution is 2.26. The van der Waals surface area contributed by atoms with E-state index in [2.05, 4.69) is 5.48 Å². The Morgan fingerprint density at radius 1 is 1.40 bits per heavy atom. The number of phenols is 1. The number of halogens is 1. The molecular formula is C11H16ClNO2. The SMILES string of the molecule is CC(C)(C)ONCc1cccc(Cl)c1O. The molecule has 0 heterocycles. The number of rotatable bonds is 3. The molecule has 0 aliphatic heterocycles. The fourth-order valence-corrected chi connectivity index (χ4v) is 1.23. The molecule has 84 valence electrons. The zero-order valence-electron chi connectivity index (χ0n) is 9.17. The minimum atomic E-state index is -0.256. The summed E-state index contributed by atoms with van der Waals surface area (Å²) in [5.74, 6) is 0.101. The minimum Gasteiger partial charge on any atom is -0.506 e. The summed E-state index contributed by atoms with van der Waals surface area (Å²) in [5.41, 5.74) is 3.25. The van der Waals surface area contributed by atoms with Gasteiger partial charge in [-0.2, -0.15) is 5.48 Å². The molecule has 0 aromatic heterocycles. The van der Waals surface area contributed by atoms with Crippen LogP contribution < -0.4 is 5.48 Å². The van der Waals surface area contributed by atoms with Crippen LogP contribution in [0.4, 0.5) is 0 Å². The highest BCUT2D eigenvalue weighted by molar-refractivity contribution is 6.32. The van der Waals surface area contributed by atoms with Crippen LogP contribution in [0.3, 0.4) is 0 Å². The maximum absolute atomic E-state index is 9.60. The number of phenolic OH excluding ortho intramolecular Hbond substituents is 1. The van der Waals surface area contributed by atoms with Crippen LogP contribution in [-0.2, 0) is 11.4 Å². The van der Waals surface area contributed by atoms with Gasteiger partial charge in [0.1, 0.15) is 5.75 Å². The van der Waals surface area contributed by atoms with Gasteiger partial charge in [0.05, 0.1) is 10.6 Å². The van der Waals surface area contributed by atoms with Gasteiger partial charge in [-0.25, -0.2) is 0 Å². The quantitative estimate of drug-likeness (QED) is 0.784. The Balaban J connectivity index is 2.55. The smallest absolute Gasteiger partial charge is 0.138 e. The third-order valence-corrected chi connectivity index (χ3v) is 2.02. The summed E-state index contributed by atoms with van der Waals surface area (Å²) in [6, 6.07) is 5.22. The molecule has 0 aliphatic rings. The predicted octanol–water partition coefficient (Wildman–Crippen LogP) is 2.87. The highest BCUT2D eigenvalue weighted by Gasteiger charge is 2.11. The van der Waals surface area contributed by atoms with Crippen LogP contribution in [0.1, 0.15) is 26.3 Å². The molecule has 15 heavy (non-hydrogen) atoms. The van der Waals surface area contributed by atoms with Crippen molar-refractivity contribution < 1.29 is 9.94 Å². The molecule has 0 atom stereocenters. The van der Waals surface area contributed by atoms with Crippen LogP contribution in [0.25, 0.3) is 0 Å². The van der Waals surface area contributed by atoms with Gasteiger partial charge in [0.25, 0.3) is 0 Å². The molecule has 0 spiro atoms. The molecule has 2 N–H and O–H groups in total. The molecule has 1 aromatic carbocycles. The number of benzene rings is 1. The molecule has 0 saturated carbocycles. The first-order chi connectivity index (χ1) is 6.90. The predicted molar refractivity (Wildman–Crippen MR) is 60.8 cm³/mol. The van der Waals surface area contributed by atoms with E-state index in [1.54, 1.807) is 18.2 Å². The van der Waals surface area contributed by atoms with E-state index in [0.29, 0.717) is 17.1 Å². The maximum Gasteiger partial charge on any atom is 0.138 e. The second-order valence-electron chi connectivity index (χ2n) is 4.28. The third-order valence-electron chi connectivity index (χ3n) is 1.71. The Morgan fingerprint density at radius 2 is 2.07 bits per heavy atom. The molecule has 0 unspecified atom stereocenters. The number of hydrogen-bond donors (Lipinski definition) is 2. The van der Waals surface area contributed by atoms with Gasteiger partial charge in [0.15, 0.2) is 0 Å². The largest absolute Gasteiger partial charge is 0.506 e. The van der Waals surface area contributed by atoms with Crippen molar-refractivity contribution in [2.75, 3.05) is 0 Å². The van der Waals surface area contributed by atoms with Gasteiger partial charge in [0, 0.05) is 12.1 Å². The first-order valence-corrected chi connectivity index (χ1v) is 5.15. The van der Waals surface area contributed by atoms with Crippen LogP contribution in [-0.4, -0.2) is 10.7 Å². The first-order valence-electron chi connectivity index (χ1n) is 4.77. The lowest BCUT2D eigenvalue weighted by Crippen LogP contribution is -2.28. The molecule has 3 nitrogen and oxygen atoms in total. The van der Waals surface area contributed by atoms with Gasteiger partial charge in [-0.3, -0.25) is 4.84 Å². The fraction of sp³-hybridized carbons (Fsp3) is 0.455. The topological polar surface area (TPSA) is 41.5 Å². The lowest BCUT2D eigenvalue weighted by atomic mass is 10.2. The summed E-state index contributed by atoms with van der Waals surface area (Å²) in [6.45, 7) is 6.25. The van der Waals surface area contributed by atoms with E-state index >= 15 is 0 Å². The highest BCUT2D eigenvalue weighted by atomic mass is 35.5. The number of hydroxylamine groups is 1. The molecule has 0 radical (unpaired) electrons. The summed E-state index contributed by atoms with van der Waals surface area (Å²) in [6.07, 6.45) is 0. The molecule has 0 aliphatic carbocycles. The van der Waals surface area contributed by atoms with E-state index in [-0.39, 0.29) is 11.4 Å². The van der Waals surface area contributed by atoms with E-state index in [1.165, 1.54) is 0 Å². The van der Waals surface area contributed by atoms with Crippen molar-refractivity contribution in [1.29, 1.82) is 0 Å². The summed E-state index contributed by atoms with van der Waals surface area (Å²) >= 11 is 5.76. The molecule has 4 heteroatoms. The Labute approximate surface area is 95.0 Å². The molecule has 1 aromatic rings. The molecule has 0 amide bonds. The second kappa shape index (κ2) is 4.84. The lowest BCUT2D eigenvalue weighted by molar-refractivity contribution is -0.0759. The summed E-state index contributed by atoms with van der Waals surface area (Å²) in [4.78, 5) is 5.32. The Bertz CT molecular complexity index is 334. The van der Waals surface area contributed by atoms with Crippen LogP contribution in [0.5, 0.6) is 5.75 Å². The standard InChI is InChI=1S/C11H16ClNO2/c1-11(2,3)15-13-7-8-5-4-6-9(12)10(8)14/h4-6,13-14H,7H2,1-3H3. The van der Waals surface area contributed by atoms with Crippen molar-refractivity contribution in [1.82, 2.24) is 5.48 Å². The molecule has 0 saturated heterocycles. The number of nitrogens with one attached hydrogen (secondary N) is 1. The number of para-hydroxylation sites is 1. The first kappa shape index (κ1) is 12.3. The number of aromatic hydroxyl groups is 1. The lowest BCUT2D eigenvalue weighted by Gasteiger charge is -2.19. The zero-order chi connectivity index (χ0) is 11.5. The van der Waals surface area contributed by atoms with Crippen LogP contribution in [0, 0.1) is 0 Å². The van der Waals surface area contributed by atoms with Crippen molar-refractivity contribution in [3.05, 3.63) is 28.8 Å². The average Bonchev–Trinajstić information content (AvgIpc) is 2.10. The maximum atomic E-state index is 9.60. The van der Waals surface area contributed by atoms with E-state index in [1.807, 2.05) is 20.8 Å². The fourth-order valence-electron chi connectivity index (χ4n) is 1.03. The second-order valence-corrected chi connectivity index (χ2v) is 4.69. The Hall–Kier alpha value is -0.770. The van der Waals surface area contributed by atoms with Crippen molar-refractivity contribution in [3.8, 4) is 5.75 Å². The van der Waals surface area contributed by atoms with Gasteiger partial charge >= 0.3 is 0 Å². The Morgan fingerprint density at radius 3 is 2.67 bits per heavy atom. The van der Waals surface area contributed by atoms with E-state index in [9.17, 15) is 5.11 Å². The average molecular weight is 230 g/mol. The van der Waals surface area contributed by atoms with Gasteiger partial charge in [-0.05, 0) is 26.8 Å². The third kappa shape index (κ3) is 4.08. The van der Waals surface area contributed by atoms with Gasteiger partial charge in [-0.15, -0.1) is 0 Å². The van der Waals surface area contributed by atoms with Crippen molar-refractivity contribution in [3.63, 3.8) is 0 Å². The van der Waals surface area contributed by atoms with Crippen LogP contribution >= 0.6 is 11.6 Å². The molecular weight excluding hydrogens is 214 g/mol. The summed E-state index contributed by atoms with van der Waals surface area (Å²) in [5, 5.41) is 9.95. The zero-order valence-corrected chi connectivity index (χ0v) is 9.93. The van der Waals surface area contributed by atoms with E-state index < -0.39 is 0 Å². The molecule has 0 bridgehead atoms. The van der Waals surface area contributed by atoms with Crippen LogP contribution in [0.2, 0.25) is 5.02 Å². The molecule has 1 rings (SSSR count). The van der Waals surface area contributed by atoms with Gasteiger partial charge in [0.2, 0.25) is 0 Å². The van der Waals surface area contributed by atoms with Gasteiger partial charge in [-0.1, -0.05) is 23.7 Å². The van der Waals surface area contributed by atoms with Crippen molar-refractivity contribution >= 4 is 11.6 Å². The van der Waals surface area contributed by atoms with E-state index in [0.717, 1.165) is 0 Å². The minimum absolute atomic E-state index is 0.101. The van der Waals surface area contributed by atoms with E-state index in [4.69, 9.17) is 16.4 Å². The summed E-state index contributed by atoms with van der Waals surface area (Å²) in [7, 11) is 0. The monoisotopic (exact) mass is 229 g/mol. The number of hydrogen-bond acceptors (Lipinski definition) is 3. The summed E-state index contributed by atoms with van der Waals surface area (Å²) < 4.78 is 0. The Kier molecular flexibility index (Phi) is 3.97. The van der Waals surface area contributed by atoms with Gasteiger partial charge < -0.3 is 5.11 Å².